The van der Waals surface area contributed by atoms with Gasteiger partial charge < -0.3 is 10.1 Å². The normalized spacial score (nSPS) is 10.3. The Hall–Kier alpha value is -2.14. The number of anilines is 1. The lowest BCUT2D eigenvalue weighted by atomic mass is 10.2. The molecule has 0 unspecified atom stereocenters. The number of carbonyl (C=O) groups is 1. The molecule has 0 aromatic heterocycles. The summed E-state index contributed by atoms with van der Waals surface area (Å²) in [6.07, 6.45) is 0. The number of rotatable bonds is 4. The van der Waals surface area contributed by atoms with Crippen molar-refractivity contribution in [1.29, 1.82) is 0 Å². The van der Waals surface area contributed by atoms with E-state index in [0.29, 0.717) is 11.3 Å². The third kappa shape index (κ3) is 4.16. The summed E-state index contributed by atoms with van der Waals surface area (Å²) in [5.41, 5.74) is 0.828. The lowest BCUT2D eigenvalue weighted by Crippen LogP contribution is -2.20. The maximum atomic E-state index is 13.3. The van der Waals surface area contributed by atoms with E-state index < -0.39 is 17.5 Å². The summed E-state index contributed by atoms with van der Waals surface area (Å²) in [6.45, 7) is 1.33. The van der Waals surface area contributed by atoms with E-state index in [2.05, 4.69) is 5.32 Å². The number of hydrogen-bond acceptors (Lipinski definition) is 2. The Kier molecular flexibility index (Phi) is 4.75. The Balaban J connectivity index is 1.92. The molecule has 0 saturated carbocycles. The van der Waals surface area contributed by atoms with Crippen molar-refractivity contribution >= 4 is 23.2 Å². The molecule has 0 atom stereocenters. The minimum atomic E-state index is -0.566. The van der Waals surface area contributed by atoms with E-state index in [1.807, 2.05) is 0 Å². The van der Waals surface area contributed by atoms with Crippen molar-refractivity contribution in [2.45, 2.75) is 6.92 Å². The molecule has 3 nitrogen and oxygen atoms in total. The lowest BCUT2D eigenvalue weighted by Gasteiger charge is -2.08. The number of aryl methyl sites for hydroxylation is 1. The summed E-state index contributed by atoms with van der Waals surface area (Å²) in [4.78, 5) is 11.7. The van der Waals surface area contributed by atoms with Crippen LogP contribution >= 0.6 is 11.6 Å². The van der Waals surface area contributed by atoms with Crippen LogP contribution in [0.1, 0.15) is 5.56 Å². The molecule has 0 aliphatic carbocycles. The van der Waals surface area contributed by atoms with Gasteiger partial charge in [0.05, 0.1) is 5.02 Å². The van der Waals surface area contributed by atoms with Crippen molar-refractivity contribution in [1.82, 2.24) is 0 Å². The Bertz CT molecular complexity index is 677. The number of benzene rings is 2. The molecule has 0 fully saturated rings. The molecule has 0 spiro atoms. The Morgan fingerprint density at radius 1 is 1.19 bits per heavy atom. The average molecular weight is 312 g/mol. The maximum Gasteiger partial charge on any atom is 0.262 e. The van der Waals surface area contributed by atoms with Gasteiger partial charge in [0.25, 0.3) is 5.91 Å². The first-order chi connectivity index (χ1) is 9.95. The number of ether oxygens (including phenoxy) is 1. The van der Waals surface area contributed by atoms with E-state index in [-0.39, 0.29) is 17.4 Å². The van der Waals surface area contributed by atoms with Gasteiger partial charge in [-0.25, -0.2) is 8.78 Å². The maximum absolute atomic E-state index is 13.3. The highest BCUT2D eigenvalue weighted by molar-refractivity contribution is 6.30. The first-order valence-corrected chi connectivity index (χ1v) is 6.47. The van der Waals surface area contributed by atoms with E-state index >= 15 is 0 Å². The zero-order chi connectivity index (χ0) is 15.4. The number of carbonyl (C=O) groups excluding carboxylic acids is 1. The number of nitrogens with one attached hydrogen (secondary N) is 1. The Morgan fingerprint density at radius 3 is 2.62 bits per heavy atom. The zero-order valence-corrected chi connectivity index (χ0v) is 11.9. The molecule has 0 aliphatic heterocycles. The molecule has 0 heterocycles. The fourth-order valence-electron chi connectivity index (χ4n) is 1.58. The van der Waals surface area contributed by atoms with Crippen LogP contribution in [0.2, 0.25) is 5.02 Å². The van der Waals surface area contributed by atoms with Crippen LogP contribution in [0.3, 0.4) is 0 Å². The van der Waals surface area contributed by atoms with Crippen LogP contribution in [0.4, 0.5) is 14.5 Å². The van der Waals surface area contributed by atoms with Gasteiger partial charge in [0.2, 0.25) is 0 Å². The number of hydrogen-bond donors (Lipinski definition) is 1. The van der Waals surface area contributed by atoms with Gasteiger partial charge in [-0.2, -0.15) is 0 Å². The molecule has 2 rings (SSSR count). The molecule has 0 bridgehead atoms. The number of halogens is 3. The fourth-order valence-corrected chi connectivity index (χ4v) is 1.75. The van der Waals surface area contributed by atoms with Crippen molar-refractivity contribution in [3.63, 3.8) is 0 Å². The van der Waals surface area contributed by atoms with Crippen molar-refractivity contribution in [3.05, 3.63) is 58.6 Å². The van der Waals surface area contributed by atoms with Crippen LogP contribution in [0.25, 0.3) is 0 Å². The summed E-state index contributed by atoms with van der Waals surface area (Å²) in [5, 5.41) is 2.41. The van der Waals surface area contributed by atoms with Gasteiger partial charge in [-0.3, -0.25) is 4.79 Å². The second-order valence-electron chi connectivity index (χ2n) is 4.38. The van der Waals surface area contributed by atoms with Crippen LogP contribution in [0.5, 0.6) is 5.75 Å². The van der Waals surface area contributed by atoms with Gasteiger partial charge in [-0.1, -0.05) is 17.7 Å². The molecule has 0 radical (unpaired) electrons. The molecule has 6 heteroatoms. The highest BCUT2D eigenvalue weighted by Crippen LogP contribution is 2.21. The summed E-state index contributed by atoms with van der Waals surface area (Å²) < 4.78 is 31.5. The molecular formula is C15H12ClF2NO2. The van der Waals surface area contributed by atoms with E-state index in [0.717, 1.165) is 6.07 Å². The molecule has 0 saturated heterocycles. The van der Waals surface area contributed by atoms with Crippen LogP contribution in [-0.4, -0.2) is 12.5 Å². The summed E-state index contributed by atoms with van der Waals surface area (Å²) in [7, 11) is 0. The molecule has 1 N–H and O–H groups in total. The largest absolute Gasteiger partial charge is 0.484 e. The second kappa shape index (κ2) is 6.54. The van der Waals surface area contributed by atoms with E-state index in [1.54, 1.807) is 19.1 Å². The van der Waals surface area contributed by atoms with Gasteiger partial charge in [-0.05, 0) is 36.8 Å². The van der Waals surface area contributed by atoms with Gasteiger partial charge in [0, 0.05) is 11.8 Å². The van der Waals surface area contributed by atoms with E-state index in [1.165, 1.54) is 18.2 Å². The molecule has 2 aromatic rings. The molecular weight excluding hydrogens is 300 g/mol. The minimum absolute atomic E-state index is 0.0893. The van der Waals surface area contributed by atoms with Crippen molar-refractivity contribution < 1.29 is 18.3 Å². The molecule has 1 amide bonds. The first-order valence-electron chi connectivity index (χ1n) is 6.09. The lowest BCUT2D eigenvalue weighted by molar-refractivity contribution is -0.118. The third-order valence-corrected chi connectivity index (χ3v) is 3.01. The highest BCUT2D eigenvalue weighted by atomic mass is 35.5. The summed E-state index contributed by atoms with van der Waals surface area (Å²) in [6, 6.07) is 8.15. The SMILES string of the molecule is Cc1ccc(NC(=O)COc2ccc(F)c(Cl)c2)cc1F. The third-order valence-electron chi connectivity index (χ3n) is 2.72. The quantitative estimate of drug-likeness (QED) is 0.928. The van der Waals surface area contributed by atoms with Crippen LogP contribution < -0.4 is 10.1 Å². The van der Waals surface area contributed by atoms with E-state index in [9.17, 15) is 13.6 Å². The van der Waals surface area contributed by atoms with Crippen LogP contribution in [-0.2, 0) is 4.79 Å². The van der Waals surface area contributed by atoms with Crippen LogP contribution in [0, 0.1) is 18.6 Å². The number of amides is 1. The van der Waals surface area contributed by atoms with Gasteiger partial charge in [0.1, 0.15) is 17.4 Å². The van der Waals surface area contributed by atoms with Crippen LogP contribution in [0.15, 0.2) is 36.4 Å². The minimum Gasteiger partial charge on any atom is -0.484 e. The Morgan fingerprint density at radius 2 is 1.95 bits per heavy atom. The van der Waals surface area contributed by atoms with Gasteiger partial charge in [0.15, 0.2) is 6.61 Å². The van der Waals surface area contributed by atoms with Crippen molar-refractivity contribution in [2.24, 2.45) is 0 Å². The molecule has 0 aliphatic rings. The average Bonchev–Trinajstić information content (AvgIpc) is 2.44. The predicted molar refractivity (Wildman–Crippen MR) is 76.7 cm³/mol. The van der Waals surface area contributed by atoms with Crippen molar-refractivity contribution in [3.8, 4) is 5.75 Å². The predicted octanol–water partition coefficient (Wildman–Crippen LogP) is 3.94. The first kappa shape index (κ1) is 15.3. The summed E-state index contributed by atoms with van der Waals surface area (Å²) in [5.74, 6) is -1.16. The van der Waals surface area contributed by atoms with Crippen molar-refractivity contribution in [2.75, 3.05) is 11.9 Å². The van der Waals surface area contributed by atoms with Gasteiger partial charge in [-0.15, -0.1) is 0 Å². The summed E-state index contributed by atoms with van der Waals surface area (Å²) >= 11 is 5.59. The standard InChI is InChI=1S/C15H12ClF2NO2/c1-9-2-3-10(6-14(9)18)19-15(20)8-21-11-4-5-13(17)12(16)7-11/h2-7H,8H2,1H3,(H,19,20). The second-order valence-corrected chi connectivity index (χ2v) is 4.78. The Labute approximate surface area is 125 Å². The fraction of sp³-hybridized carbons (Fsp3) is 0.133. The molecule has 2 aromatic carbocycles. The smallest absolute Gasteiger partial charge is 0.262 e. The molecule has 110 valence electrons. The monoisotopic (exact) mass is 311 g/mol. The molecule has 21 heavy (non-hydrogen) atoms. The zero-order valence-electron chi connectivity index (χ0n) is 11.1. The highest BCUT2D eigenvalue weighted by Gasteiger charge is 2.07. The van der Waals surface area contributed by atoms with Gasteiger partial charge >= 0.3 is 0 Å². The topological polar surface area (TPSA) is 38.3 Å². The van der Waals surface area contributed by atoms with E-state index in [4.69, 9.17) is 16.3 Å².